The summed E-state index contributed by atoms with van der Waals surface area (Å²) in [4.78, 5) is 34.8. The van der Waals surface area contributed by atoms with E-state index in [9.17, 15) is 14.0 Å². The molecule has 4 aromatic rings. The molecule has 3 N–H and O–H groups in total. The number of carbonyl (C=O) groups is 2. The van der Waals surface area contributed by atoms with Crippen molar-refractivity contribution in [1.82, 2.24) is 25.0 Å². The lowest BCUT2D eigenvalue weighted by Crippen LogP contribution is -2.34. The van der Waals surface area contributed by atoms with Crippen LogP contribution in [0.3, 0.4) is 0 Å². The third-order valence-corrected chi connectivity index (χ3v) is 8.21. The number of benzene rings is 1. The molecule has 0 saturated carbocycles. The number of pyridine rings is 2. The van der Waals surface area contributed by atoms with Gasteiger partial charge in [-0.15, -0.1) is 0 Å². The first-order chi connectivity index (χ1) is 21.2. The number of carbonyl (C=O) groups excluding carboxylic acids is 2. The standard InChI is InChI=1S/C33H37FN6O4/c1-33(2)9-5-26(44-33)19-38-31(41)23-3-4-27(34)28(14-23)39-32(42)29-20-37-30-15-22(6-10-40(29)30)24-13-21(16-35-18-24)17-36-25-7-11-43-12-8-25/h3-4,6,10,13-16,18,20,25-26,36H,5,7-9,11-12,17,19H2,1-2H3,(H,38,41)(H,39,42). The molecule has 1 unspecified atom stereocenters. The van der Waals surface area contributed by atoms with Crippen molar-refractivity contribution in [2.24, 2.45) is 0 Å². The van der Waals surface area contributed by atoms with Crippen LogP contribution in [0.25, 0.3) is 16.8 Å². The molecule has 2 amide bonds. The molecule has 2 aliphatic heterocycles. The number of imidazole rings is 1. The van der Waals surface area contributed by atoms with Crippen LogP contribution in [0.4, 0.5) is 10.1 Å². The summed E-state index contributed by atoms with van der Waals surface area (Å²) in [7, 11) is 0. The van der Waals surface area contributed by atoms with Crippen LogP contribution in [0.5, 0.6) is 0 Å². The Morgan fingerprint density at radius 2 is 1.86 bits per heavy atom. The van der Waals surface area contributed by atoms with E-state index in [1.165, 1.54) is 24.4 Å². The smallest absolute Gasteiger partial charge is 0.274 e. The molecule has 44 heavy (non-hydrogen) atoms. The molecule has 3 aromatic heterocycles. The van der Waals surface area contributed by atoms with Crippen molar-refractivity contribution in [3.05, 3.63) is 83.8 Å². The second-order valence-electron chi connectivity index (χ2n) is 12.0. The summed E-state index contributed by atoms with van der Waals surface area (Å²) in [6.45, 7) is 6.70. The highest BCUT2D eigenvalue weighted by molar-refractivity contribution is 6.04. The molecule has 11 heteroatoms. The van der Waals surface area contributed by atoms with E-state index in [1.54, 1.807) is 16.8 Å². The molecule has 0 radical (unpaired) electrons. The van der Waals surface area contributed by atoms with Gasteiger partial charge in [-0.1, -0.05) is 0 Å². The fraction of sp³-hybridized carbons (Fsp3) is 0.394. The topological polar surface area (TPSA) is 119 Å². The summed E-state index contributed by atoms with van der Waals surface area (Å²) in [6, 6.07) is 10.2. The molecule has 0 aliphatic carbocycles. The highest BCUT2D eigenvalue weighted by Gasteiger charge is 2.31. The Kier molecular flexibility index (Phi) is 8.69. The van der Waals surface area contributed by atoms with Gasteiger partial charge >= 0.3 is 0 Å². The number of anilines is 1. The van der Waals surface area contributed by atoms with Gasteiger partial charge in [0.25, 0.3) is 11.8 Å². The number of halogens is 1. The van der Waals surface area contributed by atoms with Crippen molar-refractivity contribution in [1.29, 1.82) is 0 Å². The lowest BCUT2D eigenvalue weighted by atomic mass is 10.1. The Balaban J connectivity index is 1.11. The average Bonchev–Trinajstić information content (AvgIpc) is 3.62. The van der Waals surface area contributed by atoms with Crippen molar-refractivity contribution in [2.75, 3.05) is 25.1 Å². The van der Waals surface area contributed by atoms with Crippen LogP contribution < -0.4 is 16.0 Å². The molecular formula is C33H37FN6O4. The van der Waals surface area contributed by atoms with E-state index in [0.29, 0.717) is 24.8 Å². The van der Waals surface area contributed by atoms with Crippen molar-refractivity contribution >= 4 is 23.1 Å². The van der Waals surface area contributed by atoms with Gasteiger partial charge in [-0.3, -0.25) is 19.0 Å². The molecular weight excluding hydrogens is 563 g/mol. The highest BCUT2D eigenvalue weighted by Crippen LogP contribution is 2.29. The summed E-state index contributed by atoms with van der Waals surface area (Å²) in [5.41, 5.74) is 3.65. The molecule has 1 atom stereocenters. The molecule has 1 aromatic carbocycles. The third kappa shape index (κ3) is 6.96. The van der Waals surface area contributed by atoms with Crippen LogP contribution in [-0.4, -0.2) is 63.7 Å². The predicted octanol–water partition coefficient (Wildman–Crippen LogP) is 4.74. The van der Waals surface area contributed by atoms with Crippen LogP contribution >= 0.6 is 0 Å². The van der Waals surface area contributed by atoms with Crippen LogP contribution in [0.15, 0.2) is 61.2 Å². The Morgan fingerprint density at radius 1 is 1.02 bits per heavy atom. The van der Waals surface area contributed by atoms with Gasteiger partial charge in [0, 0.05) is 62.1 Å². The summed E-state index contributed by atoms with van der Waals surface area (Å²) in [5, 5.41) is 9.03. The predicted molar refractivity (Wildman–Crippen MR) is 164 cm³/mol. The van der Waals surface area contributed by atoms with Crippen LogP contribution in [-0.2, 0) is 16.0 Å². The fourth-order valence-corrected chi connectivity index (χ4v) is 5.71. The van der Waals surface area contributed by atoms with Crippen molar-refractivity contribution in [3.8, 4) is 11.1 Å². The van der Waals surface area contributed by atoms with Gasteiger partial charge in [-0.25, -0.2) is 9.37 Å². The number of amides is 2. The van der Waals surface area contributed by atoms with Gasteiger partial charge in [0.1, 0.15) is 17.2 Å². The number of hydrogen-bond donors (Lipinski definition) is 3. The monoisotopic (exact) mass is 600 g/mol. The second-order valence-corrected chi connectivity index (χ2v) is 12.0. The molecule has 5 heterocycles. The lowest BCUT2D eigenvalue weighted by molar-refractivity contribution is -0.0138. The molecule has 2 saturated heterocycles. The quantitative estimate of drug-likeness (QED) is 0.254. The molecule has 2 aliphatic rings. The Morgan fingerprint density at radius 3 is 2.66 bits per heavy atom. The maximum absolute atomic E-state index is 14.7. The van der Waals surface area contributed by atoms with Gasteiger partial charge in [0.2, 0.25) is 0 Å². The zero-order chi connectivity index (χ0) is 30.7. The largest absolute Gasteiger partial charge is 0.381 e. The maximum Gasteiger partial charge on any atom is 0.274 e. The first-order valence-corrected chi connectivity index (χ1v) is 15.0. The summed E-state index contributed by atoms with van der Waals surface area (Å²) in [5.74, 6) is -1.56. The van der Waals surface area contributed by atoms with E-state index in [4.69, 9.17) is 9.47 Å². The minimum Gasteiger partial charge on any atom is -0.381 e. The van der Waals surface area contributed by atoms with E-state index in [0.717, 1.165) is 55.6 Å². The van der Waals surface area contributed by atoms with E-state index >= 15 is 0 Å². The zero-order valence-electron chi connectivity index (χ0n) is 24.9. The van der Waals surface area contributed by atoms with Crippen molar-refractivity contribution < 1.29 is 23.5 Å². The van der Waals surface area contributed by atoms with Crippen LogP contribution in [0.1, 0.15) is 65.9 Å². The minimum absolute atomic E-state index is 0.0661. The van der Waals surface area contributed by atoms with Gasteiger partial charge in [0.15, 0.2) is 0 Å². The Hall–Kier alpha value is -4.19. The summed E-state index contributed by atoms with van der Waals surface area (Å²) < 4.78 is 27.7. The molecule has 2 fully saturated rings. The lowest BCUT2D eigenvalue weighted by Gasteiger charge is -2.23. The molecule has 10 nitrogen and oxygen atoms in total. The second kappa shape index (κ2) is 12.8. The average molecular weight is 601 g/mol. The number of ether oxygens (including phenoxy) is 2. The number of fused-ring (bicyclic) bond motifs is 1. The van der Waals surface area contributed by atoms with E-state index in [2.05, 4.69) is 32.0 Å². The van der Waals surface area contributed by atoms with E-state index in [-0.39, 0.29) is 34.6 Å². The van der Waals surface area contributed by atoms with Crippen molar-refractivity contribution in [3.63, 3.8) is 0 Å². The van der Waals surface area contributed by atoms with E-state index in [1.807, 2.05) is 32.2 Å². The van der Waals surface area contributed by atoms with E-state index < -0.39 is 11.7 Å². The number of rotatable bonds is 9. The zero-order valence-corrected chi connectivity index (χ0v) is 24.9. The Bertz CT molecular complexity index is 1670. The minimum atomic E-state index is -0.648. The number of nitrogens with zero attached hydrogens (tertiary/aromatic N) is 3. The van der Waals surface area contributed by atoms with Crippen LogP contribution in [0, 0.1) is 5.82 Å². The first kappa shape index (κ1) is 29.9. The van der Waals surface area contributed by atoms with Gasteiger partial charge in [-0.2, -0.15) is 0 Å². The Labute approximate surface area is 255 Å². The normalized spacial score (nSPS) is 18.4. The molecule has 0 spiro atoms. The summed E-state index contributed by atoms with van der Waals surface area (Å²) in [6.07, 6.45) is 10.6. The SMILES string of the molecule is CC1(C)CCC(CNC(=O)c2ccc(F)c(NC(=O)c3cnc4cc(-c5cncc(CNC6CCOCC6)c5)ccn34)c2)O1. The molecule has 230 valence electrons. The third-order valence-electron chi connectivity index (χ3n) is 8.21. The highest BCUT2D eigenvalue weighted by atomic mass is 19.1. The van der Waals surface area contributed by atoms with Crippen molar-refractivity contribution in [2.45, 2.75) is 63.8 Å². The van der Waals surface area contributed by atoms with Gasteiger partial charge in [0.05, 0.1) is 23.6 Å². The molecule has 6 rings (SSSR count). The van der Waals surface area contributed by atoms with Gasteiger partial charge in [-0.05, 0) is 87.1 Å². The number of nitrogens with one attached hydrogen (secondary N) is 3. The fourth-order valence-electron chi connectivity index (χ4n) is 5.71. The number of aromatic nitrogens is 3. The summed E-state index contributed by atoms with van der Waals surface area (Å²) >= 11 is 0. The number of hydrogen-bond acceptors (Lipinski definition) is 7. The van der Waals surface area contributed by atoms with Crippen LogP contribution in [0.2, 0.25) is 0 Å². The maximum atomic E-state index is 14.7. The molecule has 0 bridgehead atoms. The first-order valence-electron chi connectivity index (χ1n) is 15.0. The van der Waals surface area contributed by atoms with Gasteiger partial charge < -0.3 is 25.4 Å².